The second kappa shape index (κ2) is 12.9. The molecule has 0 spiro atoms. The molecule has 0 radical (unpaired) electrons. The second-order valence-electron chi connectivity index (χ2n) is 9.20. The lowest BCUT2D eigenvalue weighted by Crippen LogP contribution is -2.60. The van der Waals surface area contributed by atoms with Gasteiger partial charge in [-0.2, -0.15) is 0 Å². The SMILES string of the molecule is C/C(=C\CO)CC/C=C(\C)C(=O)O[C@@H]1C=C(CO)[C@H]2[C@H](O[C@@H]3O[C@H](CO)[C@@H](O)[C@H](O)[C@H]3O)OC=C[C@H]21. The second-order valence-corrected chi connectivity index (χ2v) is 9.20. The lowest BCUT2D eigenvalue weighted by molar-refractivity contribution is -0.339. The van der Waals surface area contributed by atoms with Crippen molar-refractivity contribution >= 4 is 5.97 Å². The fourth-order valence-corrected chi connectivity index (χ4v) is 4.54. The smallest absolute Gasteiger partial charge is 0.333 e. The number of allylic oxidation sites excluding steroid dienone is 2. The average Bonchev–Trinajstić information content (AvgIpc) is 3.22. The Labute approximate surface area is 209 Å². The zero-order valence-corrected chi connectivity index (χ0v) is 20.3. The van der Waals surface area contributed by atoms with Gasteiger partial charge in [-0.05, 0) is 44.4 Å². The number of ether oxygens (including phenoxy) is 4. The number of aliphatic hydroxyl groups is 6. The summed E-state index contributed by atoms with van der Waals surface area (Å²) in [6.07, 6.45) is 0.384. The van der Waals surface area contributed by atoms with Crippen LogP contribution in [0, 0.1) is 11.8 Å². The van der Waals surface area contributed by atoms with Crippen molar-refractivity contribution in [2.75, 3.05) is 19.8 Å². The molecule has 0 unspecified atom stereocenters. The molecule has 1 fully saturated rings. The van der Waals surface area contributed by atoms with E-state index in [4.69, 9.17) is 24.1 Å². The Morgan fingerprint density at radius 1 is 1.06 bits per heavy atom. The topological polar surface area (TPSA) is 175 Å². The minimum atomic E-state index is -1.61. The Hall–Kier alpha value is -2.09. The average molecular weight is 513 g/mol. The van der Waals surface area contributed by atoms with Gasteiger partial charge in [-0.25, -0.2) is 4.79 Å². The van der Waals surface area contributed by atoms with Crippen LogP contribution in [0.25, 0.3) is 0 Å². The third-order valence-electron chi connectivity index (χ3n) is 6.70. The van der Waals surface area contributed by atoms with Crippen molar-refractivity contribution in [3.05, 3.63) is 47.3 Å². The maximum absolute atomic E-state index is 12.7. The van der Waals surface area contributed by atoms with Gasteiger partial charge in [-0.15, -0.1) is 0 Å². The van der Waals surface area contributed by atoms with Gasteiger partial charge in [0.2, 0.25) is 6.29 Å². The molecular formula is C25H36O11. The van der Waals surface area contributed by atoms with Crippen LogP contribution in [0.5, 0.6) is 0 Å². The Kier molecular flexibility index (Phi) is 10.2. The van der Waals surface area contributed by atoms with Crippen LogP contribution < -0.4 is 0 Å². The van der Waals surface area contributed by atoms with Gasteiger partial charge < -0.3 is 49.6 Å². The van der Waals surface area contributed by atoms with Gasteiger partial charge in [0.05, 0.1) is 32.0 Å². The van der Waals surface area contributed by atoms with Crippen molar-refractivity contribution < 1.29 is 54.4 Å². The molecule has 3 rings (SSSR count). The van der Waals surface area contributed by atoms with Crippen LogP contribution in [0.2, 0.25) is 0 Å². The Bertz CT molecular complexity index is 877. The van der Waals surface area contributed by atoms with Crippen LogP contribution in [-0.2, 0) is 23.7 Å². The predicted molar refractivity (Wildman–Crippen MR) is 125 cm³/mol. The van der Waals surface area contributed by atoms with Gasteiger partial charge in [0, 0.05) is 11.5 Å². The normalized spacial score (nSPS) is 36.8. The molecule has 9 atom stereocenters. The first kappa shape index (κ1) is 28.5. The Balaban J connectivity index is 1.67. The van der Waals surface area contributed by atoms with E-state index in [-0.39, 0.29) is 13.2 Å². The standard InChI is InChI=1S/C25H36O11/c1-13(6-8-26)4-3-5-14(2)23(32)34-17-10-15(11-27)19-16(17)7-9-33-24(19)36-25-22(31)21(30)20(29)18(12-28)35-25/h5-7,9-10,16-22,24-31H,3-4,8,11-12H2,1-2H3/b13-6+,14-5+/t16-,17+,18+,19+,20+,21-,22+,24-,25-/m0/s1. The van der Waals surface area contributed by atoms with E-state index in [0.29, 0.717) is 24.0 Å². The molecular weight excluding hydrogens is 476 g/mol. The van der Waals surface area contributed by atoms with Gasteiger partial charge in [0.15, 0.2) is 6.29 Å². The molecule has 2 heterocycles. The van der Waals surface area contributed by atoms with Crippen molar-refractivity contribution in [1.82, 2.24) is 0 Å². The highest BCUT2D eigenvalue weighted by Crippen LogP contribution is 2.42. The highest BCUT2D eigenvalue weighted by Gasteiger charge is 2.50. The molecule has 0 aromatic heterocycles. The van der Waals surface area contributed by atoms with Crippen LogP contribution in [0.15, 0.2) is 47.3 Å². The Morgan fingerprint density at radius 3 is 2.47 bits per heavy atom. The van der Waals surface area contributed by atoms with Gasteiger partial charge in [-0.3, -0.25) is 0 Å². The number of hydrogen-bond donors (Lipinski definition) is 6. The zero-order chi connectivity index (χ0) is 26.4. The van der Waals surface area contributed by atoms with Crippen molar-refractivity contribution in [3.63, 3.8) is 0 Å². The summed E-state index contributed by atoms with van der Waals surface area (Å²) in [6.45, 7) is 2.57. The van der Waals surface area contributed by atoms with Crippen molar-refractivity contribution in [1.29, 1.82) is 0 Å². The van der Waals surface area contributed by atoms with E-state index in [1.54, 1.807) is 31.2 Å². The molecule has 3 aliphatic rings. The first-order valence-electron chi connectivity index (χ1n) is 12.0. The molecule has 2 aliphatic heterocycles. The van der Waals surface area contributed by atoms with E-state index in [9.17, 15) is 30.3 Å². The Morgan fingerprint density at radius 2 is 1.81 bits per heavy atom. The summed E-state index contributed by atoms with van der Waals surface area (Å²) < 4.78 is 22.5. The number of carbonyl (C=O) groups is 1. The van der Waals surface area contributed by atoms with E-state index >= 15 is 0 Å². The van der Waals surface area contributed by atoms with E-state index < -0.39 is 67.5 Å². The van der Waals surface area contributed by atoms with Crippen LogP contribution in [0.4, 0.5) is 0 Å². The van der Waals surface area contributed by atoms with Crippen LogP contribution in [0.3, 0.4) is 0 Å². The number of hydrogen-bond acceptors (Lipinski definition) is 11. The van der Waals surface area contributed by atoms with Crippen molar-refractivity contribution in [3.8, 4) is 0 Å². The van der Waals surface area contributed by atoms with Crippen molar-refractivity contribution in [2.24, 2.45) is 11.8 Å². The monoisotopic (exact) mass is 512 g/mol. The third-order valence-corrected chi connectivity index (χ3v) is 6.70. The number of rotatable bonds is 10. The molecule has 202 valence electrons. The van der Waals surface area contributed by atoms with E-state index in [2.05, 4.69) is 0 Å². The number of esters is 1. The quantitative estimate of drug-likeness (QED) is 0.125. The summed E-state index contributed by atoms with van der Waals surface area (Å²) in [5, 5.41) is 58.6. The first-order chi connectivity index (χ1) is 17.2. The molecule has 36 heavy (non-hydrogen) atoms. The summed E-state index contributed by atoms with van der Waals surface area (Å²) in [4.78, 5) is 12.7. The van der Waals surface area contributed by atoms with Gasteiger partial charge in [0.25, 0.3) is 0 Å². The van der Waals surface area contributed by atoms with Gasteiger partial charge >= 0.3 is 5.97 Å². The van der Waals surface area contributed by atoms with Gasteiger partial charge in [0.1, 0.15) is 30.5 Å². The van der Waals surface area contributed by atoms with E-state index in [1.807, 2.05) is 6.92 Å². The van der Waals surface area contributed by atoms with E-state index in [0.717, 1.165) is 5.57 Å². The fraction of sp³-hybridized carbons (Fsp3) is 0.640. The molecule has 6 N–H and O–H groups in total. The predicted octanol–water partition coefficient (Wildman–Crippen LogP) is -0.585. The van der Waals surface area contributed by atoms with Crippen LogP contribution in [-0.4, -0.2) is 99.5 Å². The minimum absolute atomic E-state index is 0.0291. The van der Waals surface area contributed by atoms with Gasteiger partial charge in [-0.1, -0.05) is 17.7 Å². The number of fused-ring (bicyclic) bond motifs is 1. The minimum Gasteiger partial charge on any atom is -0.472 e. The van der Waals surface area contributed by atoms with Crippen LogP contribution in [0.1, 0.15) is 26.7 Å². The summed E-state index contributed by atoms with van der Waals surface area (Å²) in [5.41, 5.74) is 1.95. The summed E-state index contributed by atoms with van der Waals surface area (Å²) in [6, 6.07) is 0. The molecule has 0 aromatic carbocycles. The maximum atomic E-state index is 12.7. The molecule has 11 heteroatoms. The lowest BCUT2D eigenvalue weighted by atomic mass is 9.88. The molecule has 0 bridgehead atoms. The number of carbonyl (C=O) groups excluding carboxylic acids is 1. The fourth-order valence-electron chi connectivity index (χ4n) is 4.54. The number of aliphatic hydroxyl groups excluding tert-OH is 6. The van der Waals surface area contributed by atoms with Crippen LogP contribution >= 0.6 is 0 Å². The lowest BCUT2D eigenvalue weighted by Gasteiger charge is -2.42. The molecule has 0 aromatic rings. The molecule has 1 saturated heterocycles. The van der Waals surface area contributed by atoms with E-state index in [1.165, 1.54) is 6.26 Å². The largest absolute Gasteiger partial charge is 0.472 e. The highest BCUT2D eigenvalue weighted by atomic mass is 16.8. The van der Waals surface area contributed by atoms with Crippen molar-refractivity contribution in [2.45, 2.75) is 69.8 Å². The highest BCUT2D eigenvalue weighted by molar-refractivity contribution is 5.88. The molecule has 11 nitrogen and oxygen atoms in total. The molecule has 0 amide bonds. The molecule has 0 saturated carbocycles. The summed E-state index contributed by atoms with van der Waals surface area (Å²) >= 11 is 0. The summed E-state index contributed by atoms with van der Waals surface area (Å²) in [5.74, 6) is -1.52. The maximum Gasteiger partial charge on any atom is 0.333 e. The third kappa shape index (κ3) is 6.42. The first-order valence-corrected chi connectivity index (χ1v) is 12.0. The molecule has 1 aliphatic carbocycles. The zero-order valence-electron chi connectivity index (χ0n) is 20.3. The summed E-state index contributed by atoms with van der Waals surface area (Å²) in [7, 11) is 0.